The second-order valence-electron chi connectivity index (χ2n) is 5.04. The summed E-state index contributed by atoms with van der Waals surface area (Å²) in [5.74, 6) is 1.81. The van der Waals surface area contributed by atoms with Gasteiger partial charge in [-0.25, -0.2) is 0 Å². The second-order valence-corrected chi connectivity index (χ2v) is 5.04. The monoisotopic (exact) mass is 344 g/mol. The normalized spacial score (nSPS) is 10.0. The highest BCUT2D eigenvalue weighted by Gasteiger charge is 2.11. The second kappa shape index (κ2) is 9.32. The van der Waals surface area contributed by atoms with Gasteiger partial charge in [-0.1, -0.05) is 12.1 Å². The first kappa shape index (κ1) is 18.3. The molecule has 2 aromatic rings. The third kappa shape index (κ3) is 4.50. The van der Waals surface area contributed by atoms with Crippen LogP contribution in [0.2, 0.25) is 0 Å². The largest absolute Gasteiger partial charge is 0.493 e. The Kier molecular flexibility index (Phi) is 6.83. The molecule has 25 heavy (non-hydrogen) atoms. The third-order valence-electron chi connectivity index (χ3n) is 3.49. The number of hydrogen-bond donors (Lipinski definition) is 0. The fraction of sp³-hybridized carbons (Fsp3) is 0.263. The van der Waals surface area contributed by atoms with E-state index in [9.17, 15) is 9.59 Å². The number of para-hydroxylation sites is 2. The lowest BCUT2D eigenvalue weighted by atomic mass is 10.2. The van der Waals surface area contributed by atoms with Crippen molar-refractivity contribution in [2.75, 3.05) is 27.4 Å². The van der Waals surface area contributed by atoms with Gasteiger partial charge in [-0.2, -0.15) is 0 Å². The molecule has 0 aliphatic carbocycles. The van der Waals surface area contributed by atoms with E-state index in [0.29, 0.717) is 53.8 Å². The van der Waals surface area contributed by atoms with E-state index in [4.69, 9.17) is 18.9 Å². The smallest absolute Gasteiger partial charge is 0.171 e. The van der Waals surface area contributed by atoms with E-state index in [1.165, 1.54) is 14.2 Å². The highest BCUT2D eigenvalue weighted by molar-refractivity contribution is 5.81. The highest BCUT2D eigenvalue weighted by Crippen LogP contribution is 2.31. The van der Waals surface area contributed by atoms with Crippen LogP contribution in [-0.4, -0.2) is 40.0 Å². The molecule has 0 aliphatic heterocycles. The first-order valence-corrected chi connectivity index (χ1v) is 7.75. The van der Waals surface area contributed by atoms with Crippen molar-refractivity contribution in [3.63, 3.8) is 0 Å². The minimum Gasteiger partial charge on any atom is -0.493 e. The van der Waals surface area contributed by atoms with Gasteiger partial charge in [0.25, 0.3) is 0 Å². The summed E-state index contributed by atoms with van der Waals surface area (Å²) in [6, 6.07) is 10.2. The maximum atomic E-state index is 11.1. The number of ether oxygens (including phenoxy) is 4. The molecule has 0 spiro atoms. The van der Waals surface area contributed by atoms with Crippen LogP contribution in [0.15, 0.2) is 36.4 Å². The predicted molar refractivity (Wildman–Crippen MR) is 92.4 cm³/mol. The van der Waals surface area contributed by atoms with Gasteiger partial charge in [-0.3, -0.25) is 9.59 Å². The highest BCUT2D eigenvalue weighted by atomic mass is 16.5. The van der Waals surface area contributed by atoms with Crippen LogP contribution < -0.4 is 18.9 Å². The number of carbonyl (C=O) groups is 2. The molecule has 0 bridgehead atoms. The summed E-state index contributed by atoms with van der Waals surface area (Å²) in [6.45, 7) is 0.652. The zero-order valence-corrected chi connectivity index (χ0v) is 14.2. The molecule has 0 aliphatic rings. The van der Waals surface area contributed by atoms with Crippen molar-refractivity contribution in [2.24, 2.45) is 0 Å². The summed E-state index contributed by atoms with van der Waals surface area (Å²) >= 11 is 0. The lowest BCUT2D eigenvalue weighted by Gasteiger charge is -2.14. The molecule has 132 valence electrons. The average molecular weight is 344 g/mol. The van der Waals surface area contributed by atoms with E-state index >= 15 is 0 Å². The van der Waals surface area contributed by atoms with Crippen molar-refractivity contribution < 1.29 is 28.5 Å². The number of carbonyl (C=O) groups excluding carboxylic acids is 2. The Morgan fingerprint density at radius 3 is 1.56 bits per heavy atom. The molecule has 0 heterocycles. The van der Waals surface area contributed by atoms with E-state index in [-0.39, 0.29) is 0 Å². The van der Waals surface area contributed by atoms with E-state index in [2.05, 4.69) is 0 Å². The van der Waals surface area contributed by atoms with Crippen molar-refractivity contribution in [3.05, 3.63) is 47.5 Å². The molecule has 6 heteroatoms. The fourth-order valence-electron chi connectivity index (χ4n) is 2.29. The maximum absolute atomic E-state index is 11.1. The van der Waals surface area contributed by atoms with Crippen LogP contribution in [0.4, 0.5) is 0 Å². The average Bonchev–Trinajstić information content (AvgIpc) is 2.67. The Morgan fingerprint density at radius 1 is 0.760 bits per heavy atom. The number of aldehydes is 2. The van der Waals surface area contributed by atoms with E-state index in [0.717, 1.165) is 12.6 Å². The first-order valence-electron chi connectivity index (χ1n) is 7.75. The van der Waals surface area contributed by atoms with E-state index < -0.39 is 0 Å². The van der Waals surface area contributed by atoms with Crippen LogP contribution in [0.25, 0.3) is 0 Å². The minimum atomic E-state index is 0.326. The molecule has 0 aromatic heterocycles. The van der Waals surface area contributed by atoms with Gasteiger partial charge in [0, 0.05) is 6.42 Å². The van der Waals surface area contributed by atoms with Crippen LogP contribution in [0.1, 0.15) is 27.1 Å². The summed E-state index contributed by atoms with van der Waals surface area (Å²) in [6.07, 6.45) is 1.99. The van der Waals surface area contributed by atoms with Crippen LogP contribution >= 0.6 is 0 Å². The molecule has 2 aromatic carbocycles. The summed E-state index contributed by atoms with van der Waals surface area (Å²) < 4.78 is 21.7. The standard InChI is InChI=1S/C19H20O6/c1-22-16-8-3-6-14(12-20)18(16)24-10-5-11-25-19-15(13-21)7-4-9-17(19)23-2/h3-4,6-9,12-13H,5,10-11H2,1-2H3. The SMILES string of the molecule is COc1cccc(C=O)c1OCCCOc1c(C=O)cccc1OC. The molecule has 0 N–H and O–H groups in total. The molecule has 2 rings (SSSR count). The number of rotatable bonds is 10. The molecule has 0 fully saturated rings. The van der Waals surface area contributed by atoms with E-state index in [1.807, 2.05) is 0 Å². The number of benzene rings is 2. The maximum Gasteiger partial charge on any atom is 0.171 e. The topological polar surface area (TPSA) is 71.1 Å². The Labute approximate surface area is 146 Å². The minimum absolute atomic E-state index is 0.326. The van der Waals surface area contributed by atoms with Gasteiger partial charge in [-0.05, 0) is 24.3 Å². The Morgan fingerprint density at radius 2 is 1.20 bits per heavy atom. The molecule has 6 nitrogen and oxygen atoms in total. The molecule has 0 saturated heterocycles. The number of methoxy groups -OCH3 is 2. The molecular formula is C19H20O6. The fourth-order valence-corrected chi connectivity index (χ4v) is 2.29. The molecule has 0 saturated carbocycles. The van der Waals surface area contributed by atoms with Crippen molar-refractivity contribution in [3.8, 4) is 23.0 Å². The summed E-state index contributed by atoms with van der Waals surface area (Å²) in [4.78, 5) is 22.2. The van der Waals surface area contributed by atoms with Crippen molar-refractivity contribution in [1.82, 2.24) is 0 Å². The summed E-state index contributed by atoms with van der Waals surface area (Å²) in [7, 11) is 3.03. The zero-order chi connectivity index (χ0) is 18.1. The van der Waals surface area contributed by atoms with Gasteiger partial charge in [-0.15, -0.1) is 0 Å². The van der Waals surface area contributed by atoms with Crippen molar-refractivity contribution in [1.29, 1.82) is 0 Å². The van der Waals surface area contributed by atoms with Gasteiger partial charge < -0.3 is 18.9 Å². The van der Waals surface area contributed by atoms with Gasteiger partial charge >= 0.3 is 0 Å². The van der Waals surface area contributed by atoms with Gasteiger partial charge in [0.05, 0.1) is 38.6 Å². The Balaban J connectivity index is 1.93. The Bertz CT molecular complexity index is 664. The van der Waals surface area contributed by atoms with Crippen molar-refractivity contribution >= 4 is 12.6 Å². The van der Waals surface area contributed by atoms with Crippen LogP contribution in [0, 0.1) is 0 Å². The van der Waals surface area contributed by atoms with Crippen LogP contribution in [-0.2, 0) is 0 Å². The molecule has 0 atom stereocenters. The lowest BCUT2D eigenvalue weighted by Crippen LogP contribution is -2.08. The van der Waals surface area contributed by atoms with Gasteiger partial charge in [0.15, 0.2) is 35.6 Å². The summed E-state index contributed by atoms with van der Waals surface area (Å²) in [5, 5.41) is 0. The van der Waals surface area contributed by atoms with Gasteiger partial charge in [0.1, 0.15) is 0 Å². The Hall–Kier alpha value is -3.02. The summed E-state index contributed by atoms with van der Waals surface area (Å²) in [5.41, 5.74) is 0.849. The quantitative estimate of drug-likeness (QED) is 0.487. The molecular weight excluding hydrogens is 324 g/mol. The zero-order valence-electron chi connectivity index (χ0n) is 14.2. The first-order chi connectivity index (χ1) is 12.2. The predicted octanol–water partition coefficient (Wildman–Crippen LogP) is 3.18. The molecule has 0 radical (unpaired) electrons. The lowest BCUT2D eigenvalue weighted by molar-refractivity contribution is 0.111. The molecule has 0 amide bonds. The third-order valence-corrected chi connectivity index (χ3v) is 3.49. The van der Waals surface area contributed by atoms with Gasteiger partial charge in [0.2, 0.25) is 0 Å². The van der Waals surface area contributed by atoms with E-state index in [1.54, 1.807) is 36.4 Å². The molecule has 0 unspecified atom stereocenters. The number of hydrogen-bond acceptors (Lipinski definition) is 6. The van der Waals surface area contributed by atoms with Crippen molar-refractivity contribution in [2.45, 2.75) is 6.42 Å². The van der Waals surface area contributed by atoms with Crippen LogP contribution in [0.3, 0.4) is 0 Å². The van der Waals surface area contributed by atoms with Crippen LogP contribution in [0.5, 0.6) is 23.0 Å².